The highest BCUT2D eigenvalue weighted by atomic mass is 35.5. The summed E-state index contributed by atoms with van der Waals surface area (Å²) in [5, 5.41) is 3.38. The zero-order valence-corrected chi connectivity index (χ0v) is 10.1. The third-order valence-electron chi connectivity index (χ3n) is 2.63. The fourth-order valence-corrected chi connectivity index (χ4v) is 1.88. The van der Waals surface area contributed by atoms with Gasteiger partial charge in [-0.05, 0) is 36.6 Å². The maximum absolute atomic E-state index is 13.2. The van der Waals surface area contributed by atoms with Crippen LogP contribution in [0.3, 0.4) is 0 Å². The molecule has 3 nitrogen and oxygen atoms in total. The first-order chi connectivity index (χ1) is 8.10. The van der Waals surface area contributed by atoms with Gasteiger partial charge >= 0.3 is 5.97 Å². The maximum atomic E-state index is 13.2. The Balaban J connectivity index is 2.26. The second-order valence-electron chi connectivity index (χ2n) is 4.10. The molecule has 1 aromatic carbocycles. The number of carbonyl (C=O) groups excluding carboxylic acids is 1. The lowest BCUT2D eigenvalue weighted by atomic mass is 10.1. The molecule has 0 aliphatic heterocycles. The van der Waals surface area contributed by atoms with Gasteiger partial charge in [0.05, 0.1) is 7.11 Å². The van der Waals surface area contributed by atoms with Gasteiger partial charge in [0.15, 0.2) is 0 Å². The third kappa shape index (κ3) is 3.17. The molecule has 1 fully saturated rings. The van der Waals surface area contributed by atoms with Crippen molar-refractivity contribution in [2.75, 3.05) is 7.11 Å². The zero-order chi connectivity index (χ0) is 12.4. The van der Waals surface area contributed by atoms with E-state index < -0.39 is 17.8 Å². The first-order valence-electron chi connectivity index (χ1n) is 5.40. The first-order valence-corrected chi connectivity index (χ1v) is 5.78. The molecule has 2 rings (SSSR count). The number of ether oxygens (including phenoxy) is 1. The number of carbonyl (C=O) groups is 1. The lowest BCUT2D eigenvalue weighted by Gasteiger charge is -2.16. The standard InChI is InChI=1S/C12H13ClFNO2/c1-17-12(16)11(15-10-2-3-10)7-4-8(13)6-9(14)5-7/h4-6,10-11,15H,2-3H2,1H3. The monoisotopic (exact) mass is 257 g/mol. The van der Waals surface area contributed by atoms with Crippen LogP contribution < -0.4 is 5.32 Å². The molecule has 0 radical (unpaired) electrons. The summed E-state index contributed by atoms with van der Waals surface area (Å²) < 4.78 is 18.0. The van der Waals surface area contributed by atoms with Gasteiger partial charge in [-0.1, -0.05) is 11.6 Å². The van der Waals surface area contributed by atoms with Crippen LogP contribution in [0.5, 0.6) is 0 Å². The Hall–Kier alpha value is -1.13. The molecule has 0 bridgehead atoms. The molecule has 0 heterocycles. The molecule has 1 N–H and O–H groups in total. The van der Waals surface area contributed by atoms with Crippen molar-refractivity contribution in [1.29, 1.82) is 0 Å². The van der Waals surface area contributed by atoms with E-state index in [0.717, 1.165) is 12.8 Å². The number of esters is 1. The fraction of sp³-hybridized carbons (Fsp3) is 0.417. The quantitative estimate of drug-likeness (QED) is 0.842. The third-order valence-corrected chi connectivity index (χ3v) is 2.85. The molecule has 1 aromatic rings. The molecular formula is C12H13ClFNO2. The molecule has 1 atom stereocenters. The van der Waals surface area contributed by atoms with Crippen molar-refractivity contribution in [3.05, 3.63) is 34.6 Å². The largest absolute Gasteiger partial charge is 0.468 e. The Morgan fingerprint density at radius 2 is 2.24 bits per heavy atom. The number of nitrogens with one attached hydrogen (secondary N) is 1. The van der Waals surface area contributed by atoms with Crippen LogP contribution in [-0.2, 0) is 9.53 Å². The molecule has 0 aromatic heterocycles. The van der Waals surface area contributed by atoms with Gasteiger partial charge in [-0.25, -0.2) is 9.18 Å². The Morgan fingerprint density at radius 1 is 1.53 bits per heavy atom. The smallest absolute Gasteiger partial charge is 0.327 e. The van der Waals surface area contributed by atoms with Gasteiger partial charge in [-0.3, -0.25) is 5.32 Å². The highest BCUT2D eigenvalue weighted by Crippen LogP contribution is 2.26. The van der Waals surface area contributed by atoms with Crippen LogP contribution in [0.1, 0.15) is 24.4 Å². The van der Waals surface area contributed by atoms with E-state index in [1.807, 2.05) is 0 Å². The second-order valence-corrected chi connectivity index (χ2v) is 4.54. The van der Waals surface area contributed by atoms with E-state index in [1.165, 1.54) is 19.2 Å². The summed E-state index contributed by atoms with van der Waals surface area (Å²) in [6.45, 7) is 0. The predicted molar refractivity (Wildman–Crippen MR) is 62.3 cm³/mol. The molecule has 0 spiro atoms. The number of halogens is 2. The summed E-state index contributed by atoms with van der Waals surface area (Å²) in [6.07, 6.45) is 2.05. The normalized spacial score (nSPS) is 16.6. The zero-order valence-electron chi connectivity index (χ0n) is 9.37. The van der Waals surface area contributed by atoms with Crippen LogP contribution in [0, 0.1) is 5.82 Å². The molecule has 5 heteroatoms. The average molecular weight is 258 g/mol. The molecule has 92 valence electrons. The number of rotatable bonds is 4. The maximum Gasteiger partial charge on any atom is 0.327 e. The highest BCUT2D eigenvalue weighted by molar-refractivity contribution is 6.30. The summed E-state index contributed by atoms with van der Waals surface area (Å²) >= 11 is 5.77. The minimum absolute atomic E-state index is 0.270. The highest BCUT2D eigenvalue weighted by Gasteiger charge is 2.30. The second kappa shape index (κ2) is 5.02. The number of benzene rings is 1. The minimum atomic E-state index is -0.652. The van der Waals surface area contributed by atoms with E-state index in [9.17, 15) is 9.18 Å². The Kier molecular flexibility index (Phi) is 3.64. The molecule has 1 saturated carbocycles. The molecule has 0 amide bonds. The number of hydrogen-bond acceptors (Lipinski definition) is 3. The van der Waals surface area contributed by atoms with Gasteiger partial charge in [-0.15, -0.1) is 0 Å². The van der Waals surface area contributed by atoms with Gasteiger partial charge < -0.3 is 4.74 Å². The van der Waals surface area contributed by atoms with Crippen LogP contribution in [0.15, 0.2) is 18.2 Å². The molecule has 1 aliphatic rings. The Morgan fingerprint density at radius 3 is 2.76 bits per heavy atom. The van der Waals surface area contributed by atoms with Crippen molar-refractivity contribution < 1.29 is 13.9 Å². The molecule has 1 aliphatic carbocycles. The first kappa shape index (κ1) is 12.3. The van der Waals surface area contributed by atoms with E-state index in [0.29, 0.717) is 11.6 Å². The van der Waals surface area contributed by atoms with E-state index in [-0.39, 0.29) is 5.02 Å². The number of hydrogen-bond donors (Lipinski definition) is 1. The van der Waals surface area contributed by atoms with Crippen LogP contribution >= 0.6 is 11.6 Å². The van der Waals surface area contributed by atoms with E-state index >= 15 is 0 Å². The molecule has 0 saturated heterocycles. The summed E-state index contributed by atoms with van der Waals surface area (Å²) in [5.41, 5.74) is 0.494. The summed E-state index contributed by atoms with van der Waals surface area (Å²) in [5.74, 6) is -0.891. The van der Waals surface area contributed by atoms with Gasteiger partial charge in [0, 0.05) is 11.1 Å². The predicted octanol–water partition coefficient (Wildman–Crippen LogP) is 2.45. The van der Waals surface area contributed by atoms with Gasteiger partial charge in [0.2, 0.25) is 0 Å². The fourth-order valence-electron chi connectivity index (χ4n) is 1.65. The van der Waals surface area contributed by atoms with Crippen LogP contribution in [0.2, 0.25) is 5.02 Å². The van der Waals surface area contributed by atoms with Gasteiger partial charge in [0.1, 0.15) is 11.9 Å². The van der Waals surface area contributed by atoms with E-state index in [4.69, 9.17) is 16.3 Å². The SMILES string of the molecule is COC(=O)C(NC1CC1)c1cc(F)cc(Cl)c1. The van der Waals surface area contributed by atoms with Crippen molar-refractivity contribution in [2.45, 2.75) is 24.9 Å². The Labute approximate surface area is 104 Å². The van der Waals surface area contributed by atoms with Crippen LogP contribution in [0.25, 0.3) is 0 Å². The topological polar surface area (TPSA) is 38.3 Å². The van der Waals surface area contributed by atoms with Crippen molar-refractivity contribution >= 4 is 17.6 Å². The van der Waals surface area contributed by atoms with Crippen LogP contribution in [0.4, 0.5) is 4.39 Å². The molecule has 1 unspecified atom stereocenters. The van der Waals surface area contributed by atoms with Crippen molar-refractivity contribution in [1.82, 2.24) is 5.32 Å². The van der Waals surface area contributed by atoms with Crippen molar-refractivity contribution in [3.8, 4) is 0 Å². The Bertz CT molecular complexity index is 414. The van der Waals surface area contributed by atoms with E-state index in [1.54, 1.807) is 6.07 Å². The average Bonchev–Trinajstić information content (AvgIpc) is 3.07. The minimum Gasteiger partial charge on any atom is -0.468 e. The number of methoxy groups -OCH3 is 1. The lowest BCUT2D eigenvalue weighted by molar-refractivity contribution is -0.143. The van der Waals surface area contributed by atoms with E-state index in [2.05, 4.69) is 5.32 Å². The summed E-state index contributed by atoms with van der Waals surface area (Å²) in [6, 6.07) is 3.72. The van der Waals surface area contributed by atoms with Crippen LogP contribution in [-0.4, -0.2) is 19.1 Å². The van der Waals surface area contributed by atoms with Crippen molar-refractivity contribution in [2.24, 2.45) is 0 Å². The van der Waals surface area contributed by atoms with Gasteiger partial charge in [-0.2, -0.15) is 0 Å². The summed E-state index contributed by atoms with van der Waals surface area (Å²) in [7, 11) is 1.31. The van der Waals surface area contributed by atoms with Crippen molar-refractivity contribution in [3.63, 3.8) is 0 Å². The lowest BCUT2D eigenvalue weighted by Crippen LogP contribution is -2.31. The molecular weight excluding hydrogens is 245 g/mol. The van der Waals surface area contributed by atoms with Gasteiger partial charge in [0.25, 0.3) is 0 Å². The summed E-state index contributed by atoms with van der Waals surface area (Å²) in [4.78, 5) is 11.6. The molecule has 17 heavy (non-hydrogen) atoms.